The molecule has 1 atom stereocenters. The summed E-state index contributed by atoms with van der Waals surface area (Å²) in [5, 5.41) is 8.40. The van der Waals surface area contributed by atoms with Crippen LogP contribution in [0.3, 0.4) is 0 Å². The second-order valence-corrected chi connectivity index (χ2v) is 9.33. The zero-order chi connectivity index (χ0) is 23.8. The first-order chi connectivity index (χ1) is 16.4. The number of halogens is 2. The molecule has 176 valence electrons. The van der Waals surface area contributed by atoms with Crippen molar-refractivity contribution in [1.82, 2.24) is 19.5 Å². The first-order valence-corrected chi connectivity index (χ1v) is 11.9. The molecule has 1 unspecified atom stereocenters. The third kappa shape index (κ3) is 4.51. The van der Waals surface area contributed by atoms with Gasteiger partial charge in [-0.25, -0.2) is 18.3 Å². The minimum absolute atomic E-state index is 0.150. The van der Waals surface area contributed by atoms with Crippen molar-refractivity contribution < 1.29 is 13.6 Å². The molecule has 34 heavy (non-hydrogen) atoms. The van der Waals surface area contributed by atoms with E-state index in [4.69, 9.17) is 0 Å². The van der Waals surface area contributed by atoms with Crippen LogP contribution in [0.4, 0.5) is 19.6 Å². The minimum Gasteiger partial charge on any atom is -0.344 e. The highest BCUT2D eigenvalue weighted by Gasteiger charge is 2.27. The number of nitrogens with one attached hydrogen (secondary N) is 1. The molecule has 4 aromatic rings. The molecular weight excluding hydrogens is 458 g/mol. The Bertz CT molecular complexity index is 1300. The highest BCUT2D eigenvalue weighted by molar-refractivity contribution is 7.20. The summed E-state index contributed by atoms with van der Waals surface area (Å²) in [5.74, 6) is -0.801. The number of fused-ring (bicyclic) bond motifs is 1. The van der Waals surface area contributed by atoms with E-state index in [0.717, 1.165) is 40.0 Å². The molecule has 1 fully saturated rings. The van der Waals surface area contributed by atoms with Crippen LogP contribution in [0.25, 0.3) is 16.2 Å². The second-order valence-electron chi connectivity index (χ2n) is 8.39. The highest BCUT2D eigenvalue weighted by atomic mass is 32.1. The normalized spacial score (nSPS) is 15.6. The number of aryl methyl sites for hydroxylation is 1. The van der Waals surface area contributed by atoms with Crippen LogP contribution in [-0.4, -0.2) is 57.6 Å². The van der Waals surface area contributed by atoms with Crippen LogP contribution in [0.2, 0.25) is 0 Å². The Hall–Kier alpha value is -3.37. The van der Waals surface area contributed by atoms with Gasteiger partial charge < -0.3 is 10.2 Å². The number of anilines is 2. The molecule has 1 aliphatic heterocycles. The van der Waals surface area contributed by atoms with Gasteiger partial charge in [0.2, 0.25) is 16.0 Å². The van der Waals surface area contributed by atoms with Crippen molar-refractivity contribution in [1.29, 1.82) is 0 Å². The number of amides is 1. The summed E-state index contributed by atoms with van der Waals surface area (Å²) in [6.45, 7) is 6.59. The lowest BCUT2D eigenvalue weighted by Gasteiger charge is -2.37. The number of carbonyl (C=O) groups excluding carboxylic acids is 1. The van der Waals surface area contributed by atoms with Crippen molar-refractivity contribution in [2.45, 2.75) is 19.9 Å². The Morgan fingerprint density at radius 3 is 2.47 bits per heavy atom. The van der Waals surface area contributed by atoms with Gasteiger partial charge >= 0.3 is 0 Å². The molecule has 1 saturated heterocycles. The summed E-state index contributed by atoms with van der Waals surface area (Å²) in [6.07, 6.45) is 1.85. The molecule has 3 heterocycles. The van der Waals surface area contributed by atoms with Gasteiger partial charge in [0, 0.05) is 37.4 Å². The molecule has 0 radical (unpaired) electrons. The van der Waals surface area contributed by atoms with Crippen LogP contribution < -0.4 is 10.2 Å². The number of carbonyl (C=O) groups is 1. The third-order valence-electron chi connectivity index (χ3n) is 6.14. The van der Waals surface area contributed by atoms with E-state index < -0.39 is 0 Å². The molecule has 5 rings (SSSR count). The lowest BCUT2D eigenvalue weighted by atomic mass is 10.1. The summed E-state index contributed by atoms with van der Waals surface area (Å²) < 4.78 is 28.5. The van der Waals surface area contributed by atoms with E-state index >= 15 is 0 Å². The Morgan fingerprint density at radius 2 is 1.76 bits per heavy atom. The van der Waals surface area contributed by atoms with Gasteiger partial charge in [0.15, 0.2) is 0 Å². The van der Waals surface area contributed by atoms with E-state index in [1.165, 1.54) is 35.6 Å². The first kappa shape index (κ1) is 22.4. The zero-order valence-corrected chi connectivity index (χ0v) is 19.6. The van der Waals surface area contributed by atoms with Gasteiger partial charge in [-0.2, -0.15) is 0 Å². The predicted octanol–water partition coefficient (Wildman–Crippen LogP) is 4.19. The third-order valence-corrected chi connectivity index (χ3v) is 7.13. The van der Waals surface area contributed by atoms with Crippen LogP contribution in [-0.2, 0) is 4.79 Å². The maximum absolute atomic E-state index is 13.5. The summed E-state index contributed by atoms with van der Waals surface area (Å²) in [7, 11) is 0. The summed E-state index contributed by atoms with van der Waals surface area (Å²) in [4.78, 5) is 22.5. The standard InChI is InChI=1S/C24H24F2N6OS/c1-15-3-6-19(26)13-20(15)27-22(33)16(2)30-9-11-31(12-10-30)24-29-32-14-21(28-23(32)34-24)17-4-7-18(25)8-5-17/h3-8,13-14,16H,9-12H2,1-2H3,(H,27,33). The first-order valence-electron chi connectivity index (χ1n) is 11.1. The number of nitrogens with zero attached hydrogens (tertiary/aromatic N) is 5. The van der Waals surface area contributed by atoms with Crippen molar-refractivity contribution in [3.8, 4) is 11.3 Å². The average molecular weight is 483 g/mol. The van der Waals surface area contributed by atoms with Crippen LogP contribution in [0.5, 0.6) is 0 Å². The molecule has 0 aliphatic carbocycles. The monoisotopic (exact) mass is 482 g/mol. The van der Waals surface area contributed by atoms with Gasteiger partial charge in [-0.1, -0.05) is 17.4 Å². The topological polar surface area (TPSA) is 65.8 Å². The maximum atomic E-state index is 13.5. The number of benzene rings is 2. The van der Waals surface area contributed by atoms with Crippen molar-refractivity contribution in [3.05, 3.63) is 65.9 Å². The number of aromatic nitrogens is 3. The van der Waals surface area contributed by atoms with Gasteiger partial charge in [-0.15, -0.1) is 5.10 Å². The quantitative estimate of drug-likeness (QED) is 0.462. The summed E-state index contributed by atoms with van der Waals surface area (Å²) in [5.41, 5.74) is 2.92. The number of hydrogen-bond acceptors (Lipinski definition) is 6. The number of imidazole rings is 1. The van der Waals surface area contributed by atoms with Crippen molar-refractivity contribution >= 4 is 33.0 Å². The van der Waals surface area contributed by atoms with Gasteiger partial charge in [-0.05, 0) is 55.8 Å². The van der Waals surface area contributed by atoms with Crippen molar-refractivity contribution in [3.63, 3.8) is 0 Å². The second kappa shape index (κ2) is 9.11. The molecule has 7 nitrogen and oxygen atoms in total. The fourth-order valence-electron chi connectivity index (χ4n) is 4.01. The lowest BCUT2D eigenvalue weighted by molar-refractivity contribution is -0.120. The summed E-state index contributed by atoms with van der Waals surface area (Å²) >= 11 is 1.50. The Kier molecular flexibility index (Phi) is 6.01. The number of hydrogen-bond donors (Lipinski definition) is 1. The van der Waals surface area contributed by atoms with Gasteiger partial charge in [0.1, 0.15) is 11.6 Å². The summed E-state index contributed by atoms with van der Waals surface area (Å²) in [6, 6.07) is 10.3. The Balaban J connectivity index is 1.20. The SMILES string of the molecule is Cc1ccc(F)cc1NC(=O)C(C)N1CCN(c2nn3cc(-c4ccc(F)cc4)nc3s2)CC1. The van der Waals surface area contributed by atoms with Crippen LogP contribution in [0, 0.1) is 18.6 Å². The van der Waals surface area contributed by atoms with Gasteiger partial charge in [0.25, 0.3) is 0 Å². The maximum Gasteiger partial charge on any atom is 0.241 e. The zero-order valence-electron chi connectivity index (χ0n) is 18.8. The van der Waals surface area contributed by atoms with E-state index in [2.05, 4.69) is 25.2 Å². The van der Waals surface area contributed by atoms with Gasteiger partial charge in [-0.3, -0.25) is 9.69 Å². The van der Waals surface area contributed by atoms with E-state index in [9.17, 15) is 13.6 Å². The van der Waals surface area contributed by atoms with E-state index in [1.54, 1.807) is 22.7 Å². The fraction of sp³-hybridized carbons (Fsp3) is 0.292. The molecule has 2 aromatic heterocycles. The van der Waals surface area contributed by atoms with Crippen LogP contribution in [0.1, 0.15) is 12.5 Å². The minimum atomic E-state index is -0.373. The smallest absolute Gasteiger partial charge is 0.241 e. The van der Waals surface area contributed by atoms with E-state index in [0.29, 0.717) is 18.8 Å². The predicted molar refractivity (Wildman–Crippen MR) is 129 cm³/mol. The molecule has 0 bridgehead atoms. The number of piperazine rings is 1. The number of rotatable bonds is 5. The molecular formula is C24H24F2N6OS. The van der Waals surface area contributed by atoms with Crippen molar-refractivity contribution in [2.24, 2.45) is 0 Å². The molecule has 0 spiro atoms. The Labute approximate surface area is 199 Å². The Morgan fingerprint density at radius 1 is 1.06 bits per heavy atom. The fourth-order valence-corrected chi connectivity index (χ4v) is 4.94. The van der Waals surface area contributed by atoms with E-state index in [1.807, 2.05) is 20.0 Å². The molecule has 1 amide bonds. The average Bonchev–Trinajstić information content (AvgIpc) is 3.41. The van der Waals surface area contributed by atoms with Crippen LogP contribution in [0.15, 0.2) is 48.7 Å². The molecule has 10 heteroatoms. The van der Waals surface area contributed by atoms with E-state index in [-0.39, 0.29) is 23.6 Å². The highest BCUT2D eigenvalue weighted by Crippen LogP contribution is 2.28. The molecule has 1 N–H and O–H groups in total. The van der Waals surface area contributed by atoms with Crippen LogP contribution >= 0.6 is 11.3 Å². The van der Waals surface area contributed by atoms with Gasteiger partial charge in [0.05, 0.1) is 17.9 Å². The van der Waals surface area contributed by atoms with Crippen molar-refractivity contribution in [2.75, 3.05) is 36.4 Å². The molecule has 2 aromatic carbocycles. The molecule has 1 aliphatic rings. The largest absolute Gasteiger partial charge is 0.344 e. The lowest BCUT2D eigenvalue weighted by Crippen LogP contribution is -2.52. The molecule has 0 saturated carbocycles.